The molecule has 1 aromatic heterocycles. The van der Waals surface area contributed by atoms with Crippen LogP contribution in [0.25, 0.3) is 5.57 Å². The summed E-state index contributed by atoms with van der Waals surface area (Å²) in [4.78, 5) is 61.9. The van der Waals surface area contributed by atoms with Crippen LogP contribution in [0, 0.1) is 34.3 Å². The highest BCUT2D eigenvalue weighted by Crippen LogP contribution is 2.42. The van der Waals surface area contributed by atoms with Gasteiger partial charge in [-0.05, 0) is 81.6 Å². The fraction of sp³-hybridized carbons (Fsp3) is 0.458. The normalized spacial score (nSPS) is 15.3. The summed E-state index contributed by atoms with van der Waals surface area (Å²) in [5.74, 6) is 0.439. The summed E-state index contributed by atoms with van der Waals surface area (Å²) >= 11 is 0. The molecular formula is C48H55F10N9O8. The van der Waals surface area contributed by atoms with E-state index in [2.05, 4.69) is 36.6 Å². The van der Waals surface area contributed by atoms with E-state index in [-0.39, 0.29) is 5.56 Å². The minimum absolute atomic E-state index is 0.255. The molecule has 0 bridgehead atoms. The van der Waals surface area contributed by atoms with Gasteiger partial charge in [0.2, 0.25) is 5.91 Å². The van der Waals surface area contributed by atoms with Crippen LogP contribution in [-0.4, -0.2) is 136 Å². The van der Waals surface area contributed by atoms with Gasteiger partial charge in [-0.1, -0.05) is 24.0 Å². The van der Waals surface area contributed by atoms with Crippen molar-refractivity contribution in [3.8, 4) is 11.8 Å². The highest BCUT2D eigenvalue weighted by molar-refractivity contribution is 6.09. The summed E-state index contributed by atoms with van der Waals surface area (Å²) in [5.41, 5.74) is 0.736. The fourth-order valence-corrected chi connectivity index (χ4v) is 7.12. The number of anilines is 1. The van der Waals surface area contributed by atoms with E-state index in [0.717, 1.165) is 20.0 Å². The molecule has 2 heterocycles. The molecule has 0 aliphatic carbocycles. The number of pyridine rings is 1. The number of aliphatic imine (C=N–C) groups is 1. The molecule has 4 rings (SSSR count). The summed E-state index contributed by atoms with van der Waals surface area (Å²) < 4.78 is 159. The molecule has 1 aliphatic rings. The number of allylic oxidation sites excluding steroid dienone is 1. The lowest BCUT2D eigenvalue weighted by Gasteiger charge is -2.38. The Morgan fingerprint density at radius 1 is 0.840 bits per heavy atom. The molecular weight excluding hydrogens is 1020 g/mol. The van der Waals surface area contributed by atoms with E-state index in [1.54, 1.807) is 23.6 Å². The van der Waals surface area contributed by atoms with E-state index in [4.69, 9.17) is 10.5 Å². The zero-order chi connectivity index (χ0) is 56.1. The summed E-state index contributed by atoms with van der Waals surface area (Å²) in [6, 6.07) is 3.88. The molecule has 3 aromatic rings. The number of hydrogen-bond donors (Lipinski definition) is 6. The third kappa shape index (κ3) is 16.4. The number of hydrogen-bond acceptors (Lipinski definition) is 13. The number of morpholine rings is 1. The lowest BCUT2D eigenvalue weighted by atomic mass is 9.82. The predicted molar refractivity (Wildman–Crippen MR) is 251 cm³/mol. The largest absolute Gasteiger partial charge is 0.453 e. The summed E-state index contributed by atoms with van der Waals surface area (Å²) in [6.07, 6.45) is -13.3. The minimum atomic E-state index is -5.24. The summed E-state index contributed by atoms with van der Waals surface area (Å²) in [5, 5.41) is 18.3. The SMILES string of the molecule is COC(=O)N[C@H](C(=O)N[C@@H](Cc1ccc(C#Cc2ccc(N3CCOCC3)nc2)cc1)[C@@H](O)CN(Cc1c(F)cc(C(C=NC(F)F)=CN)cc1F)NC(=O)[C@@H](NC(=O)OC)C(C)(C)C(F)(F)F)C(C)(C)C(F)(F)F. The van der Waals surface area contributed by atoms with Gasteiger partial charge < -0.3 is 45.9 Å². The molecule has 1 saturated heterocycles. The number of amides is 4. The number of hydrazine groups is 1. The van der Waals surface area contributed by atoms with Gasteiger partial charge in [0.15, 0.2) is 0 Å². The van der Waals surface area contributed by atoms with Crippen LogP contribution >= 0.6 is 0 Å². The highest BCUT2D eigenvalue weighted by atomic mass is 19.4. The lowest BCUT2D eigenvalue weighted by Crippen LogP contribution is -2.63. The zero-order valence-electron chi connectivity index (χ0n) is 41.1. The van der Waals surface area contributed by atoms with Crippen LogP contribution in [0.5, 0.6) is 0 Å². The number of aliphatic hydroxyl groups excluding tert-OH is 1. The molecule has 17 nitrogen and oxygen atoms in total. The third-order valence-corrected chi connectivity index (χ3v) is 12.0. The number of nitrogens with one attached hydrogen (secondary N) is 4. The van der Waals surface area contributed by atoms with E-state index in [9.17, 15) is 59.4 Å². The number of alkyl halides is 8. The Bertz CT molecular complexity index is 2560. The molecule has 27 heteroatoms. The highest BCUT2D eigenvalue weighted by Gasteiger charge is 2.57. The predicted octanol–water partition coefficient (Wildman–Crippen LogP) is 5.74. The van der Waals surface area contributed by atoms with Crippen molar-refractivity contribution in [2.45, 2.75) is 83.8 Å². The average Bonchev–Trinajstić information content (AvgIpc) is 3.34. The second-order valence-corrected chi connectivity index (χ2v) is 17.9. The standard InChI is InChI=1S/C48H55F10N9O8/c1-45(2,47(53,54)55)38(63-43(71)73-5)40(69)62-35(19-28-10-7-27(8-11-28)9-12-29-13-14-37(60-23-29)66-15-17-75-18-16-66)36(68)26-67(65-41(70)39(64-44(72)74-6)46(3,4)48(56,57)58)25-32-33(49)20-30(21-34(32)50)31(22-59)24-61-42(51)52/h7-8,10-11,13-14,20-24,35-36,38-39,42,68H,15-19,25-26,59H2,1-6H3,(H,62,69)(H,63,71)(H,64,72)(H,65,70)/t35-,36-,38+,39+/m0/s1. The van der Waals surface area contributed by atoms with Gasteiger partial charge in [0.05, 0.1) is 50.4 Å². The van der Waals surface area contributed by atoms with Gasteiger partial charge in [-0.25, -0.2) is 33.4 Å². The molecule has 1 fully saturated rings. The molecule has 0 spiro atoms. The zero-order valence-corrected chi connectivity index (χ0v) is 41.1. The minimum Gasteiger partial charge on any atom is -0.453 e. The smallest absolute Gasteiger partial charge is 0.407 e. The number of ether oxygens (including phenoxy) is 3. The van der Waals surface area contributed by atoms with Gasteiger partial charge in [0.1, 0.15) is 29.5 Å². The number of aromatic nitrogens is 1. The second kappa shape index (κ2) is 25.9. The Hall–Kier alpha value is -7.18. The van der Waals surface area contributed by atoms with Crippen LogP contribution in [0.1, 0.15) is 55.5 Å². The van der Waals surface area contributed by atoms with Crippen molar-refractivity contribution < 1.29 is 82.4 Å². The first kappa shape index (κ1) is 60.4. The maximum atomic E-state index is 15.9. The first-order valence-electron chi connectivity index (χ1n) is 22.5. The van der Waals surface area contributed by atoms with Crippen molar-refractivity contribution in [2.75, 3.05) is 52.0 Å². The molecule has 75 heavy (non-hydrogen) atoms. The molecule has 1 aliphatic heterocycles. The Morgan fingerprint density at radius 3 is 1.84 bits per heavy atom. The van der Waals surface area contributed by atoms with E-state index >= 15 is 8.78 Å². The maximum absolute atomic E-state index is 15.9. The lowest BCUT2D eigenvalue weighted by molar-refractivity contribution is -0.221. The molecule has 410 valence electrons. The number of rotatable bonds is 19. The van der Waals surface area contributed by atoms with Crippen LogP contribution in [0.3, 0.4) is 0 Å². The van der Waals surface area contributed by atoms with E-state index in [1.807, 2.05) is 15.6 Å². The molecule has 0 radical (unpaired) electrons. The van der Waals surface area contributed by atoms with Crippen LogP contribution in [0.15, 0.2) is 65.9 Å². The molecule has 0 saturated carbocycles. The molecule has 2 aromatic carbocycles. The van der Waals surface area contributed by atoms with E-state index in [0.29, 0.717) is 94.7 Å². The van der Waals surface area contributed by atoms with Crippen LogP contribution in [0.2, 0.25) is 0 Å². The number of alkyl carbamates (subject to hydrolysis) is 2. The average molecular weight is 1080 g/mol. The number of nitrogens with zero attached hydrogens (tertiary/aromatic N) is 4. The fourth-order valence-electron chi connectivity index (χ4n) is 7.12. The first-order chi connectivity index (χ1) is 35.0. The van der Waals surface area contributed by atoms with E-state index in [1.165, 1.54) is 24.3 Å². The van der Waals surface area contributed by atoms with Crippen molar-refractivity contribution >= 4 is 41.6 Å². The van der Waals surface area contributed by atoms with Gasteiger partial charge in [0, 0.05) is 67.1 Å². The van der Waals surface area contributed by atoms with Crippen molar-refractivity contribution in [3.05, 3.63) is 100 Å². The van der Waals surface area contributed by atoms with Crippen LogP contribution in [-0.2, 0) is 36.8 Å². The molecule has 4 amide bonds. The third-order valence-electron chi connectivity index (χ3n) is 12.0. The molecule has 7 N–H and O–H groups in total. The van der Waals surface area contributed by atoms with Crippen molar-refractivity contribution in [1.29, 1.82) is 0 Å². The van der Waals surface area contributed by atoms with E-state index < -0.39 is 126 Å². The Morgan fingerprint density at radius 2 is 1.36 bits per heavy atom. The van der Waals surface area contributed by atoms with Crippen molar-refractivity contribution in [1.82, 2.24) is 31.4 Å². The van der Waals surface area contributed by atoms with Gasteiger partial charge >= 0.3 is 31.1 Å². The Labute approximate surface area is 424 Å². The van der Waals surface area contributed by atoms with Crippen LogP contribution in [0.4, 0.5) is 59.3 Å². The Balaban J connectivity index is 1.80. The monoisotopic (exact) mass is 1080 g/mol. The number of aliphatic hydroxyl groups is 1. The number of benzene rings is 2. The number of carbonyl (C=O) groups is 4. The second-order valence-electron chi connectivity index (χ2n) is 17.9. The van der Waals surface area contributed by atoms with Gasteiger partial charge in [0.25, 0.3) is 5.91 Å². The topological polar surface area (TPSA) is 222 Å². The number of methoxy groups -OCH3 is 2. The summed E-state index contributed by atoms with van der Waals surface area (Å²) in [6.45, 7) is -0.929. The van der Waals surface area contributed by atoms with Gasteiger partial charge in [-0.3, -0.25) is 15.0 Å². The van der Waals surface area contributed by atoms with Gasteiger partial charge in [-0.15, -0.1) is 0 Å². The van der Waals surface area contributed by atoms with Gasteiger partial charge in [-0.2, -0.15) is 35.1 Å². The Kier molecular flexibility index (Phi) is 20.8. The maximum Gasteiger partial charge on any atom is 0.407 e. The summed E-state index contributed by atoms with van der Waals surface area (Å²) in [7, 11) is 1.58. The van der Waals surface area contributed by atoms with Crippen molar-refractivity contribution in [2.24, 2.45) is 21.6 Å². The first-order valence-corrected chi connectivity index (χ1v) is 22.5. The molecule has 0 unspecified atom stereocenters. The van der Waals surface area contributed by atoms with Crippen molar-refractivity contribution in [3.63, 3.8) is 0 Å². The number of carbonyl (C=O) groups excluding carboxylic acids is 4. The number of nitrogens with two attached hydrogens (primary N) is 1. The quantitative estimate of drug-likeness (QED) is 0.0279. The molecule has 4 atom stereocenters. The van der Waals surface area contributed by atoms with Crippen LogP contribution < -0.4 is 32.0 Å². The number of halogens is 10.